The minimum absolute atomic E-state index is 0.0371. The molecule has 0 radical (unpaired) electrons. The van der Waals surface area contributed by atoms with Crippen LogP contribution in [0, 0.1) is 0 Å². The average molecular weight is 289 g/mol. The number of hydrogen-bond donors (Lipinski definition) is 2. The van der Waals surface area contributed by atoms with E-state index < -0.39 is 10.0 Å². The molecule has 1 heterocycles. The van der Waals surface area contributed by atoms with Gasteiger partial charge in [0.2, 0.25) is 5.09 Å². The lowest BCUT2D eigenvalue weighted by molar-refractivity contribution is 0.278. The number of hydrogen-bond acceptors (Lipinski definition) is 5. The van der Waals surface area contributed by atoms with Gasteiger partial charge in [-0.15, -0.1) is 0 Å². The Balaban J connectivity index is 2.55. The molecule has 0 bridgehead atoms. The molecule has 7 heteroatoms. The highest BCUT2D eigenvalue weighted by Gasteiger charge is 2.18. The second kappa shape index (κ2) is 7.04. The first kappa shape index (κ1) is 16.2. The first-order valence-electron chi connectivity index (χ1n) is 6.30. The van der Waals surface area contributed by atoms with E-state index in [1.807, 2.05) is 7.05 Å². The van der Waals surface area contributed by atoms with Crippen molar-refractivity contribution in [3.63, 3.8) is 0 Å². The maximum absolute atomic E-state index is 12.0. The Bertz CT molecular complexity index is 482. The number of nitrogens with zero attached hydrogens (tertiary/aromatic N) is 1. The Kier molecular flexibility index (Phi) is 5.99. The van der Waals surface area contributed by atoms with Gasteiger partial charge in [-0.25, -0.2) is 13.1 Å². The van der Waals surface area contributed by atoms with Gasteiger partial charge in [-0.05, 0) is 40.1 Å². The number of likely N-dealkylation sites (N-methyl/N-ethyl adjacent to an activating group) is 1. The Morgan fingerprint density at radius 3 is 2.63 bits per heavy atom. The summed E-state index contributed by atoms with van der Waals surface area (Å²) >= 11 is 0. The van der Waals surface area contributed by atoms with Crippen LogP contribution in [0.25, 0.3) is 0 Å². The molecule has 0 unspecified atom stereocenters. The van der Waals surface area contributed by atoms with Crippen molar-refractivity contribution < 1.29 is 12.8 Å². The lowest BCUT2D eigenvalue weighted by Crippen LogP contribution is -2.36. The zero-order valence-corrected chi connectivity index (χ0v) is 12.8. The van der Waals surface area contributed by atoms with Crippen LogP contribution in [0.15, 0.2) is 21.6 Å². The minimum Gasteiger partial charge on any atom is -0.447 e. The molecule has 2 N–H and O–H groups in total. The van der Waals surface area contributed by atoms with Crippen LogP contribution < -0.4 is 10.0 Å². The van der Waals surface area contributed by atoms with E-state index in [0.717, 1.165) is 0 Å². The van der Waals surface area contributed by atoms with E-state index in [9.17, 15) is 8.42 Å². The van der Waals surface area contributed by atoms with Crippen LogP contribution in [0.2, 0.25) is 0 Å². The van der Waals surface area contributed by atoms with Gasteiger partial charge in [-0.2, -0.15) is 0 Å². The standard InChI is InChI=1S/C12H23N3O3S/c1-10(2)15(4)8-7-14-19(16,17)12-6-5-11(18-12)9-13-3/h5-6,10,13-14H,7-9H2,1-4H3. The van der Waals surface area contributed by atoms with E-state index in [2.05, 4.69) is 28.8 Å². The smallest absolute Gasteiger partial charge is 0.274 e. The summed E-state index contributed by atoms with van der Waals surface area (Å²) in [5.74, 6) is 0.599. The molecule has 1 rings (SSSR count). The highest BCUT2D eigenvalue weighted by atomic mass is 32.2. The van der Waals surface area contributed by atoms with Crippen molar-refractivity contribution in [3.05, 3.63) is 17.9 Å². The van der Waals surface area contributed by atoms with Crippen molar-refractivity contribution >= 4 is 10.0 Å². The third-order valence-electron chi connectivity index (χ3n) is 2.89. The van der Waals surface area contributed by atoms with Gasteiger partial charge in [-0.3, -0.25) is 0 Å². The van der Waals surface area contributed by atoms with Gasteiger partial charge in [0.1, 0.15) is 5.76 Å². The average Bonchev–Trinajstić information content (AvgIpc) is 2.78. The summed E-state index contributed by atoms with van der Waals surface area (Å²) in [6.07, 6.45) is 0. The minimum atomic E-state index is -3.55. The van der Waals surface area contributed by atoms with E-state index in [-0.39, 0.29) is 5.09 Å². The molecule has 0 amide bonds. The summed E-state index contributed by atoms with van der Waals surface area (Å²) < 4.78 is 31.7. The third-order valence-corrected chi connectivity index (χ3v) is 4.22. The summed E-state index contributed by atoms with van der Waals surface area (Å²) in [5.41, 5.74) is 0. The molecule has 110 valence electrons. The number of rotatable bonds is 8. The summed E-state index contributed by atoms with van der Waals surface area (Å²) in [6.45, 7) is 5.64. The summed E-state index contributed by atoms with van der Waals surface area (Å²) in [4.78, 5) is 2.07. The van der Waals surface area contributed by atoms with E-state index in [0.29, 0.717) is 31.4 Å². The van der Waals surface area contributed by atoms with Gasteiger partial charge in [0.25, 0.3) is 10.0 Å². The van der Waals surface area contributed by atoms with Crippen molar-refractivity contribution in [2.75, 3.05) is 27.2 Å². The molecule has 0 aliphatic heterocycles. The third kappa shape index (κ3) is 4.94. The molecule has 1 aromatic heterocycles. The molecule has 6 nitrogen and oxygen atoms in total. The van der Waals surface area contributed by atoms with E-state index in [1.165, 1.54) is 6.07 Å². The van der Waals surface area contributed by atoms with Crippen molar-refractivity contribution in [2.45, 2.75) is 31.5 Å². The zero-order valence-electron chi connectivity index (χ0n) is 11.9. The second-order valence-electron chi connectivity index (χ2n) is 4.72. The molecular weight excluding hydrogens is 266 g/mol. The van der Waals surface area contributed by atoms with Gasteiger partial charge in [-0.1, -0.05) is 0 Å². The van der Waals surface area contributed by atoms with Gasteiger partial charge in [0.05, 0.1) is 6.54 Å². The van der Waals surface area contributed by atoms with Crippen LogP contribution >= 0.6 is 0 Å². The van der Waals surface area contributed by atoms with E-state index in [4.69, 9.17) is 4.42 Å². The molecule has 1 aromatic rings. The fraction of sp³-hybridized carbons (Fsp3) is 0.667. The summed E-state index contributed by atoms with van der Waals surface area (Å²) in [6, 6.07) is 3.52. The number of furan rings is 1. The van der Waals surface area contributed by atoms with E-state index >= 15 is 0 Å². The van der Waals surface area contributed by atoms with Crippen molar-refractivity contribution in [1.82, 2.24) is 14.9 Å². The molecule has 0 fully saturated rings. The van der Waals surface area contributed by atoms with Crippen molar-refractivity contribution in [2.24, 2.45) is 0 Å². The normalized spacial score (nSPS) is 12.5. The largest absolute Gasteiger partial charge is 0.447 e. The molecule has 0 aliphatic carbocycles. The lowest BCUT2D eigenvalue weighted by Gasteiger charge is -2.20. The zero-order chi connectivity index (χ0) is 14.5. The highest BCUT2D eigenvalue weighted by Crippen LogP contribution is 2.13. The first-order chi connectivity index (χ1) is 8.86. The SMILES string of the molecule is CNCc1ccc(S(=O)(=O)NCCN(C)C(C)C)o1. The highest BCUT2D eigenvalue weighted by molar-refractivity contribution is 7.89. The predicted octanol–water partition coefficient (Wildman–Crippen LogP) is 0.618. The number of sulfonamides is 1. The topological polar surface area (TPSA) is 74.6 Å². The Morgan fingerprint density at radius 2 is 2.05 bits per heavy atom. The fourth-order valence-electron chi connectivity index (χ4n) is 1.46. The molecule has 0 atom stereocenters. The molecule has 0 saturated heterocycles. The molecule has 19 heavy (non-hydrogen) atoms. The van der Waals surface area contributed by atoms with Gasteiger partial charge in [0.15, 0.2) is 0 Å². The maximum atomic E-state index is 12.0. The van der Waals surface area contributed by atoms with Crippen LogP contribution in [0.4, 0.5) is 0 Å². The Labute approximate surface area is 115 Å². The van der Waals surface area contributed by atoms with Gasteiger partial charge < -0.3 is 14.6 Å². The summed E-state index contributed by atoms with van der Waals surface area (Å²) in [7, 11) is 0.179. The van der Waals surface area contributed by atoms with Crippen LogP contribution in [0.5, 0.6) is 0 Å². The second-order valence-corrected chi connectivity index (χ2v) is 6.42. The van der Waals surface area contributed by atoms with Crippen LogP contribution in [0.3, 0.4) is 0 Å². The molecular formula is C12H23N3O3S. The monoisotopic (exact) mass is 289 g/mol. The predicted molar refractivity (Wildman–Crippen MR) is 74.4 cm³/mol. The van der Waals surface area contributed by atoms with E-state index in [1.54, 1.807) is 13.1 Å². The van der Waals surface area contributed by atoms with Gasteiger partial charge in [0, 0.05) is 19.1 Å². The Hall–Kier alpha value is -0.890. The quantitative estimate of drug-likeness (QED) is 0.734. The molecule has 0 saturated carbocycles. The van der Waals surface area contributed by atoms with Crippen LogP contribution in [0.1, 0.15) is 19.6 Å². The van der Waals surface area contributed by atoms with Crippen molar-refractivity contribution in [3.8, 4) is 0 Å². The summed E-state index contributed by atoms with van der Waals surface area (Å²) in [5, 5.41) is 2.87. The first-order valence-corrected chi connectivity index (χ1v) is 7.78. The lowest BCUT2D eigenvalue weighted by atomic mass is 10.3. The maximum Gasteiger partial charge on any atom is 0.274 e. The molecule has 0 aliphatic rings. The van der Waals surface area contributed by atoms with Crippen LogP contribution in [-0.2, 0) is 16.6 Å². The molecule has 0 aromatic carbocycles. The Morgan fingerprint density at radius 1 is 1.37 bits per heavy atom. The number of nitrogens with one attached hydrogen (secondary N) is 2. The van der Waals surface area contributed by atoms with Gasteiger partial charge >= 0.3 is 0 Å². The van der Waals surface area contributed by atoms with Crippen LogP contribution in [-0.4, -0.2) is 46.5 Å². The fourth-order valence-corrected chi connectivity index (χ4v) is 2.42. The molecule has 0 spiro atoms. The van der Waals surface area contributed by atoms with Crippen molar-refractivity contribution in [1.29, 1.82) is 0 Å².